The Kier molecular flexibility index (Phi) is 7.46. The van der Waals surface area contributed by atoms with Crippen molar-refractivity contribution in [1.29, 1.82) is 0 Å². The smallest absolute Gasteiger partial charge is 0.335 e. The summed E-state index contributed by atoms with van der Waals surface area (Å²) in [5, 5.41) is 19.4. The van der Waals surface area contributed by atoms with Gasteiger partial charge in [0.1, 0.15) is 5.75 Å². The zero-order valence-corrected chi connectivity index (χ0v) is 17.3. The fraction of sp³-hybridized carbons (Fsp3) is 0.417. The van der Waals surface area contributed by atoms with E-state index in [-0.39, 0.29) is 12.0 Å². The highest BCUT2D eigenvalue weighted by Crippen LogP contribution is 2.37. The van der Waals surface area contributed by atoms with E-state index in [4.69, 9.17) is 4.74 Å². The number of benzene rings is 2. The number of phenolic OH excluding ortho intramolecular Hbond substituents is 1. The van der Waals surface area contributed by atoms with Crippen molar-refractivity contribution in [3.05, 3.63) is 64.7 Å². The van der Waals surface area contributed by atoms with Crippen molar-refractivity contribution in [3.63, 3.8) is 0 Å². The van der Waals surface area contributed by atoms with E-state index in [0.717, 1.165) is 56.3 Å². The number of phenols is 1. The molecule has 0 heterocycles. The van der Waals surface area contributed by atoms with Gasteiger partial charge in [0.2, 0.25) is 0 Å². The number of carbonyl (C=O) groups excluding carboxylic acids is 1. The third-order valence-electron chi connectivity index (χ3n) is 5.84. The minimum absolute atomic E-state index is 0.192. The maximum atomic E-state index is 11.4. The van der Waals surface area contributed by atoms with Crippen LogP contribution < -0.4 is 0 Å². The Morgan fingerprint density at radius 2 is 1.93 bits per heavy atom. The van der Waals surface area contributed by atoms with Crippen LogP contribution in [-0.4, -0.2) is 47.3 Å². The molecular formula is C24H29NO5. The Balaban J connectivity index is 1.72. The van der Waals surface area contributed by atoms with Crippen LogP contribution >= 0.6 is 0 Å². The Labute approximate surface area is 177 Å². The SMILES string of the molecule is COC(=O)CCCCN(CCc1ccccc1O)C1CCc2cc(C(=O)O)ccc21. The molecular weight excluding hydrogens is 382 g/mol. The lowest BCUT2D eigenvalue weighted by Crippen LogP contribution is -2.31. The minimum atomic E-state index is -0.902. The van der Waals surface area contributed by atoms with E-state index in [1.165, 1.54) is 12.7 Å². The van der Waals surface area contributed by atoms with Crippen LogP contribution in [0.5, 0.6) is 5.75 Å². The Hall–Kier alpha value is -2.86. The normalized spacial score (nSPS) is 15.2. The molecule has 6 nitrogen and oxygen atoms in total. The number of aromatic carboxylic acids is 1. The molecule has 0 bridgehead atoms. The van der Waals surface area contributed by atoms with E-state index in [9.17, 15) is 19.8 Å². The van der Waals surface area contributed by atoms with Crippen LogP contribution in [0, 0.1) is 0 Å². The number of methoxy groups -OCH3 is 1. The molecule has 0 aromatic heterocycles. The average molecular weight is 411 g/mol. The monoisotopic (exact) mass is 411 g/mol. The first kappa shape index (κ1) is 21.8. The molecule has 1 aliphatic carbocycles. The largest absolute Gasteiger partial charge is 0.508 e. The first-order valence-corrected chi connectivity index (χ1v) is 10.4. The molecule has 30 heavy (non-hydrogen) atoms. The van der Waals surface area contributed by atoms with Crippen molar-refractivity contribution in [2.75, 3.05) is 20.2 Å². The number of unbranched alkanes of at least 4 members (excludes halogenated alkanes) is 1. The van der Waals surface area contributed by atoms with Crippen LogP contribution in [-0.2, 0) is 22.4 Å². The summed E-state index contributed by atoms with van der Waals surface area (Å²) in [5.74, 6) is -0.787. The fourth-order valence-corrected chi connectivity index (χ4v) is 4.20. The summed E-state index contributed by atoms with van der Waals surface area (Å²) in [7, 11) is 1.40. The maximum absolute atomic E-state index is 11.4. The fourth-order valence-electron chi connectivity index (χ4n) is 4.20. The third-order valence-corrected chi connectivity index (χ3v) is 5.84. The second kappa shape index (κ2) is 10.3. The molecule has 0 amide bonds. The molecule has 6 heteroatoms. The number of aromatic hydroxyl groups is 1. The number of carboxylic acids is 1. The number of esters is 1. The number of rotatable bonds is 10. The van der Waals surface area contributed by atoms with E-state index in [2.05, 4.69) is 4.90 Å². The Morgan fingerprint density at radius 1 is 1.13 bits per heavy atom. The van der Waals surface area contributed by atoms with Crippen LogP contribution in [0.4, 0.5) is 0 Å². The molecule has 1 aliphatic rings. The number of ether oxygens (including phenoxy) is 1. The molecule has 0 fully saturated rings. The number of carbonyl (C=O) groups is 2. The molecule has 0 saturated heterocycles. The van der Waals surface area contributed by atoms with Crippen LogP contribution in [0.1, 0.15) is 58.8 Å². The number of nitrogens with zero attached hydrogens (tertiary/aromatic N) is 1. The lowest BCUT2D eigenvalue weighted by molar-refractivity contribution is -0.140. The van der Waals surface area contributed by atoms with Crippen LogP contribution in [0.15, 0.2) is 42.5 Å². The van der Waals surface area contributed by atoms with E-state index in [1.54, 1.807) is 18.2 Å². The molecule has 160 valence electrons. The van der Waals surface area contributed by atoms with Gasteiger partial charge in [0.05, 0.1) is 12.7 Å². The first-order valence-electron chi connectivity index (χ1n) is 10.4. The standard InChI is InChI=1S/C24H29NO5/c1-30-23(27)8-4-5-14-25(15-13-17-6-2-3-7-22(17)26)21-12-10-18-16-19(24(28)29)9-11-20(18)21/h2-3,6-7,9,11,16,21,26H,4-5,8,10,12-15H2,1H3,(H,28,29). The molecule has 2 aromatic rings. The zero-order valence-electron chi connectivity index (χ0n) is 17.3. The quantitative estimate of drug-likeness (QED) is 0.454. The summed E-state index contributed by atoms with van der Waals surface area (Å²) in [4.78, 5) is 25.1. The summed E-state index contributed by atoms with van der Waals surface area (Å²) in [6.07, 6.45) is 4.56. The van der Waals surface area contributed by atoms with Gasteiger partial charge < -0.3 is 14.9 Å². The van der Waals surface area contributed by atoms with Crippen molar-refractivity contribution in [3.8, 4) is 5.75 Å². The van der Waals surface area contributed by atoms with Crippen LogP contribution in [0.2, 0.25) is 0 Å². The maximum Gasteiger partial charge on any atom is 0.335 e. The summed E-state index contributed by atoms with van der Waals surface area (Å²) in [6.45, 7) is 1.61. The Morgan fingerprint density at radius 3 is 2.67 bits per heavy atom. The predicted molar refractivity (Wildman–Crippen MR) is 114 cm³/mol. The third kappa shape index (κ3) is 5.39. The molecule has 1 atom stereocenters. The summed E-state index contributed by atoms with van der Waals surface area (Å²) >= 11 is 0. The summed E-state index contributed by atoms with van der Waals surface area (Å²) in [6, 6.07) is 13.0. The molecule has 0 aliphatic heterocycles. The predicted octanol–water partition coefficient (Wildman–Crippen LogP) is 3.97. The van der Waals surface area contributed by atoms with Gasteiger partial charge in [0.25, 0.3) is 0 Å². The highest BCUT2D eigenvalue weighted by Gasteiger charge is 2.28. The first-order chi connectivity index (χ1) is 14.5. The molecule has 1 unspecified atom stereocenters. The number of fused-ring (bicyclic) bond motifs is 1. The van der Waals surface area contributed by atoms with Crippen molar-refractivity contribution < 1.29 is 24.5 Å². The van der Waals surface area contributed by atoms with E-state index < -0.39 is 5.97 Å². The second-order valence-electron chi connectivity index (χ2n) is 7.72. The Bertz CT molecular complexity index is 895. The van der Waals surface area contributed by atoms with E-state index in [0.29, 0.717) is 17.7 Å². The summed E-state index contributed by atoms with van der Waals surface area (Å²) in [5.41, 5.74) is 3.53. The van der Waals surface area contributed by atoms with Gasteiger partial charge in [0, 0.05) is 19.0 Å². The van der Waals surface area contributed by atoms with E-state index in [1.807, 2.05) is 24.3 Å². The average Bonchev–Trinajstić information content (AvgIpc) is 3.17. The molecule has 0 saturated carbocycles. The van der Waals surface area contributed by atoms with Gasteiger partial charge in [-0.1, -0.05) is 24.3 Å². The van der Waals surface area contributed by atoms with Crippen molar-refractivity contribution in [1.82, 2.24) is 4.90 Å². The zero-order chi connectivity index (χ0) is 21.5. The van der Waals surface area contributed by atoms with Gasteiger partial charge in [-0.05, 0) is 73.5 Å². The summed E-state index contributed by atoms with van der Waals surface area (Å²) < 4.78 is 4.72. The topological polar surface area (TPSA) is 87.1 Å². The van der Waals surface area contributed by atoms with Crippen molar-refractivity contribution in [2.24, 2.45) is 0 Å². The highest BCUT2D eigenvalue weighted by atomic mass is 16.5. The van der Waals surface area contributed by atoms with Gasteiger partial charge in [-0.15, -0.1) is 0 Å². The van der Waals surface area contributed by atoms with E-state index >= 15 is 0 Å². The highest BCUT2D eigenvalue weighted by molar-refractivity contribution is 5.88. The lowest BCUT2D eigenvalue weighted by atomic mass is 10.0. The number of aryl methyl sites for hydroxylation is 1. The molecule has 2 N–H and O–H groups in total. The van der Waals surface area contributed by atoms with Crippen molar-refractivity contribution in [2.45, 2.75) is 44.6 Å². The van der Waals surface area contributed by atoms with Gasteiger partial charge in [-0.2, -0.15) is 0 Å². The van der Waals surface area contributed by atoms with Crippen LogP contribution in [0.3, 0.4) is 0 Å². The van der Waals surface area contributed by atoms with Gasteiger partial charge >= 0.3 is 11.9 Å². The van der Waals surface area contributed by atoms with Gasteiger partial charge in [-0.25, -0.2) is 4.79 Å². The molecule has 0 radical (unpaired) electrons. The van der Waals surface area contributed by atoms with Crippen molar-refractivity contribution >= 4 is 11.9 Å². The number of carboxylic acid groups (broad SMARTS) is 1. The van der Waals surface area contributed by atoms with Gasteiger partial charge in [0.15, 0.2) is 0 Å². The van der Waals surface area contributed by atoms with Crippen LogP contribution in [0.25, 0.3) is 0 Å². The molecule has 2 aromatic carbocycles. The molecule has 0 spiro atoms. The lowest BCUT2D eigenvalue weighted by Gasteiger charge is -2.30. The number of hydrogen-bond acceptors (Lipinski definition) is 5. The molecule has 3 rings (SSSR count). The second-order valence-corrected chi connectivity index (χ2v) is 7.72. The minimum Gasteiger partial charge on any atom is -0.508 e. The number of hydrogen-bond donors (Lipinski definition) is 2. The number of para-hydroxylation sites is 1. The van der Waals surface area contributed by atoms with Gasteiger partial charge in [-0.3, -0.25) is 9.69 Å².